The van der Waals surface area contributed by atoms with Gasteiger partial charge < -0.3 is 10.2 Å². The van der Waals surface area contributed by atoms with Gasteiger partial charge in [0.2, 0.25) is 17.0 Å². The van der Waals surface area contributed by atoms with Crippen LogP contribution in [0.4, 0.5) is 19.9 Å². The molecule has 23 heavy (non-hydrogen) atoms. The van der Waals surface area contributed by atoms with E-state index in [1.807, 2.05) is 4.90 Å². The fourth-order valence-electron chi connectivity index (χ4n) is 2.41. The lowest BCUT2D eigenvalue weighted by Crippen LogP contribution is -2.41. The van der Waals surface area contributed by atoms with Crippen LogP contribution >= 0.6 is 11.3 Å². The third kappa shape index (κ3) is 3.76. The van der Waals surface area contributed by atoms with Gasteiger partial charge in [-0.25, -0.2) is 18.7 Å². The van der Waals surface area contributed by atoms with Gasteiger partial charge in [-0.2, -0.15) is 0 Å². The quantitative estimate of drug-likeness (QED) is 0.918. The van der Waals surface area contributed by atoms with E-state index in [0.717, 1.165) is 19.4 Å². The van der Waals surface area contributed by atoms with E-state index in [1.54, 1.807) is 18.5 Å². The Morgan fingerprint density at radius 1 is 1.35 bits per heavy atom. The van der Waals surface area contributed by atoms with Crippen molar-refractivity contribution in [2.45, 2.75) is 19.3 Å². The van der Waals surface area contributed by atoms with Crippen molar-refractivity contribution >= 4 is 28.3 Å². The first-order valence-electron chi connectivity index (χ1n) is 7.08. The molecule has 3 rings (SSSR count). The molecule has 0 saturated carbocycles. The third-order valence-corrected chi connectivity index (χ3v) is 4.33. The van der Waals surface area contributed by atoms with Crippen LogP contribution in [0, 0.1) is 5.92 Å². The lowest BCUT2D eigenvalue weighted by molar-refractivity contribution is -0.120. The van der Waals surface area contributed by atoms with Crippen molar-refractivity contribution in [1.82, 2.24) is 20.2 Å². The van der Waals surface area contributed by atoms with Gasteiger partial charge in [0.25, 0.3) is 6.43 Å². The van der Waals surface area contributed by atoms with E-state index in [4.69, 9.17) is 0 Å². The van der Waals surface area contributed by atoms with Crippen LogP contribution in [0.3, 0.4) is 0 Å². The van der Waals surface area contributed by atoms with Gasteiger partial charge in [0, 0.05) is 25.5 Å². The van der Waals surface area contributed by atoms with Gasteiger partial charge >= 0.3 is 0 Å². The van der Waals surface area contributed by atoms with Crippen LogP contribution in [0.1, 0.15) is 24.3 Å². The number of alkyl halides is 2. The van der Waals surface area contributed by atoms with E-state index in [9.17, 15) is 13.6 Å². The van der Waals surface area contributed by atoms with Gasteiger partial charge in [0.1, 0.15) is 0 Å². The first kappa shape index (κ1) is 15.7. The molecule has 10 heteroatoms. The molecule has 0 radical (unpaired) electrons. The van der Waals surface area contributed by atoms with Gasteiger partial charge in [0.15, 0.2) is 5.01 Å². The number of hydrogen-bond donors (Lipinski definition) is 1. The van der Waals surface area contributed by atoms with Gasteiger partial charge in [-0.05, 0) is 18.9 Å². The van der Waals surface area contributed by atoms with E-state index in [1.165, 1.54) is 0 Å². The molecule has 1 aliphatic rings. The predicted octanol–water partition coefficient (Wildman–Crippen LogP) is 2.12. The Labute approximate surface area is 134 Å². The average Bonchev–Trinajstić information content (AvgIpc) is 3.04. The standard InChI is InChI=1S/C13H14F2N6OS/c14-9(15)11-19-20-13(23-11)18-10(22)8-3-1-6-21(7-8)12-16-4-2-5-17-12/h2,4-5,8-9H,1,3,6-7H2,(H,18,20,22). The summed E-state index contributed by atoms with van der Waals surface area (Å²) in [5.74, 6) is 0.0648. The van der Waals surface area contributed by atoms with Gasteiger partial charge in [0.05, 0.1) is 5.92 Å². The number of anilines is 2. The summed E-state index contributed by atoms with van der Waals surface area (Å²) in [6.07, 6.45) is 2.17. The molecule has 1 N–H and O–H groups in total. The van der Waals surface area contributed by atoms with Gasteiger partial charge in [-0.15, -0.1) is 10.2 Å². The largest absolute Gasteiger partial charge is 0.340 e. The van der Waals surface area contributed by atoms with E-state index >= 15 is 0 Å². The van der Waals surface area contributed by atoms with Crippen LogP contribution in [0.15, 0.2) is 18.5 Å². The maximum absolute atomic E-state index is 12.5. The fourth-order valence-corrected chi connectivity index (χ4v) is 3.01. The molecule has 2 aromatic rings. The van der Waals surface area contributed by atoms with Crippen LogP contribution in [-0.4, -0.2) is 39.2 Å². The molecule has 1 atom stereocenters. The number of hydrogen-bond acceptors (Lipinski definition) is 7. The van der Waals surface area contributed by atoms with Crippen LogP contribution in [0.5, 0.6) is 0 Å². The molecule has 122 valence electrons. The van der Waals surface area contributed by atoms with Crippen molar-refractivity contribution in [1.29, 1.82) is 0 Å². The Kier molecular flexibility index (Phi) is 4.70. The maximum Gasteiger partial charge on any atom is 0.291 e. The highest BCUT2D eigenvalue weighted by Gasteiger charge is 2.28. The summed E-state index contributed by atoms with van der Waals surface area (Å²) in [7, 11) is 0. The Balaban J connectivity index is 1.62. The zero-order chi connectivity index (χ0) is 16.2. The molecule has 3 heterocycles. The predicted molar refractivity (Wildman–Crippen MR) is 80.5 cm³/mol. The Morgan fingerprint density at radius 2 is 2.13 bits per heavy atom. The maximum atomic E-state index is 12.5. The number of nitrogens with one attached hydrogen (secondary N) is 1. The molecule has 0 aliphatic carbocycles. The van der Waals surface area contributed by atoms with E-state index in [2.05, 4.69) is 25.5 Å². The molecule has 0 bridgehead atoms. The minimum atomic E-state index is -2.68. The van der Waals surface area contributed by atoms with Crippen molar-refractivity contribution in [2.75, 3.05) is 23.3 Å². The summed E-state index contributed by atoms with van der Waals surface area (Å²) in [5.41, 5.74) is 0. The van der Waals surface area contributed by atoms with Crippen molar-refractivity contribution in [3.63, 3.8) is 0 Å². The zero-order valence-electron chi connectivity index (χ0n) is 12.0. The summed E-state index contributed by atoms with van der Waals surface area (Å²) < 4.78 is 25.0. The van der Waals surface area contributed by atoms with E-state index in [-0.39, 0.29) is 17.0 Å². The van der Waals surface area contributed by atoms with Gasteiger partial charge in [-0.1, -0.05) is 11.3 Å². The highest BCUT2D eigenvalue weighted by Crippen LogP contribution is 2.26. The number of nitrogens with zero attached hydrogens (tertiary/aromatic N) is 5. The Hall–Kier alpha value is -2.23. The lowest BCUT2D eigenvalue weighted by Gasteiger charge is -2.31. The van der Waals surface area contributed by atoms with Crippen LogP contribution in [0.25, 0.3) is 0 Å². The highest BCUT2D eigenvalue weighted by atomic mass is 32.1. The number of piperidine rings is 1. The highest BCUT2D eigenvalue weighted by molar-refractivity contribution is 7.15. The molecule has 1 aliphatic heterocycles. The second-order valence-electron chi connectivity index (χ2n) is 5.07. The molecular weight excluding hydrogens is 326 g/mol. The first-order chi connectivity index (χ1) is 11.1. The monoisotopic (exact) mass is 340 g/mol. The number of carbonyl (C=O) groups is 1. The smallest absolute Gasteiger partial charge is 0.291 e. The summed E-state index contributed by atoms with van der Waals surface area (Å²) in [6, 6.07) is 1.73. The van der Waals surface area contributed by atoms with E-state index < -0.39 is 11.4 Å². The number of rotatable bonds is 4. The molecule has 0 aromatic carbocycles. The average molecular weight is 340 g/mol. The minimum absolute atomic E-state index is 0.0957. The Bertz CT molecular complexity index is 667. The molecule has 1 fully saturated rings. The van der Waals surface area contributed by atoms with Gasteiger partial charge in [-0.3, -0.25) is 4.79 Å². The van der Waals surface area contributed by atoms with E-state index in [0.29, 0.717) is 23.8 Å². The van der Waals surface area contributed by atoms with Crippen molar-refractivity contribution in [2.24, 2.45) is 5.92 Å². The summed E-state index contributed by atoms with van der Waals surface area (Å²) in [5, 5.41) is 9.18. The molecule has 7 nitrogen and oxygen atoms in total. The summed E-state index contributed by atoms with van der Waals surface area (Å²) in [6.45, 7) is 1.26. The summed E-state index contributed by atoms with van der Waals surface area (Å²) >= 11 is 0.688. The number of carbonyl (C=O) groups excluding carboxylic acids is 1. The topological polar surface area (TPSA) is 83.9 Å². The zero-order valence-corrected chi connectivity index (χ0v) is 12.8. The molecule has 1 amide bonds. The van der Waals surface area contributed by atoms with Crippen LogP contribution in [-0.2, 0) is 4.79 Å². The van der Waals surface area contributed by atoms with Crippen molar-refractivity contribution in [3.8, 4) is 0 Å². The molecule has 0 spiro atoms. The van der Waals surface area contributed by atoms with Crippen LogP contribution < -0.4 is 10.2 Å². The minimum Gasteiger partial charge on any atom is -0.340 e. The Morgan fingerprint density at radius 3 is 2.83 bits per heavy atom. The van der Waals surface area contributed by atoms with Crippen LogP contribution in [0.2, 0.25) is 0 Å². The summed E-state index contributed by atoms with van der Waals surface area (Å²) in [4.78, 5) is 22.6. The number of amides is 1. The lowest BCUT2D eigenvalue weighted by atomic mass is 9.97. The third-order valence-electron chi connectivity index (χ3n) is 3.48. The molecule has 2 aromatic heterocycles. The molecule has 1 unspecified atom stereocenters. The first-order valence-corrected chi connectivity index (χ1v) is 7.89. The molecular formula is C13H14F2N6OS. The number of halogens is 2. The number of aromatic nitrogens is 4. The van der Waals surface area contributed by atoms with Crippen molar-refractivity contribution in [3.05, 3.63) is 23.5 Å². The van der Waals surface area contributed by atoms with Crippen molar-refractivity contribution < 1.29 is 13.6 Å². The normalized spacial score (nSPS) is 18.2. The second-order valence-corrected chi connectivity index (χ2v) is 6.08. The SMILES string of the molecule is O=C(Nc1nnc(C(F)F)s1)C1CCCN(c2ncccn2)C1. The second kappa shape index (κ2) is 6.90. The molecule has 1 saturated heterocycles. The fraction of sp³-hybridized carbons (Fsp3) is 0.462.